The van der Waals surface area contributed by atoms with Crippen molar-refractivity contribution in [2.45, 2.75) is 38.3 Å². The molecule has 0 aromatic heterocycles. The lowest BCUT2D eigenvalue weighted by atomic mass is 10.1. The molecule has 1 heterocycles. The molecule has 1 saturated carbocycles. The number of aromatic carboxylic acids is 1. The van der Waals surface area contributed by atoms with Crippen LogP contribution in [-0.4, -0.2) is 53.1 Å². The Morgan fingerprint density at radius 2 is 1.76 bits per heavy atom. The van der Waals surface area contributed by atoms with Crippen molar-refractivity contribution in [2.75, 3.05) is 26.2 Å². The summed E-state index contributed by atoms with van der Waals surface area (Å²) < 4.78 is 0. The minimum atomic E-state index is -0.824. The Morgan fingerprint density at radius 3 is 2.43 bits per heavy atom. The number of hydrogen-bond donors (Lipinski definition) is 1. The zero-order chi connectivity index (χ0) is 14.7. The van der Waals surface area contributed by atoms with E-state index in [4.69, 9.17) is 0 Å². The average molecular weight is 288 g/mol. The molecule has 4 nitrogen and oxygen atoms in total. The second-order valence-corrected chi connectivity index (χ2v) is 6.21. The third-order valence-corrected chi connectivity index (χ3v) is 4.89. The molecular weight excluding hydrogens is 264 g/mol. The average Bonchev–Trinajstić information content (AvgIpc) is 3.03. The van der Waals surface area contributed by atoms with E-state index in [-0.39, 0.29) is 0 Å². The number of benzene rings is 1. The molecule has 1 N–H and O–H groups in total. The molecule has 1 aliphatic heterocycles. The van der Waals surface area contributed by atoms with E-state index in [1.165, 1.54) is 25.7 Å². The zero-order valence-electron chi connectivity index (χ0n) is 12.5. The van der Waals surface area contributed by atoms with Gasteiger partial charge in [-0.05, 0) is 24.5 Å². The lowest BCUT2D eigenvalue weighted by molar-refractivity contribution is 0.0690. The van der Waals surface area contributed by atoms with E-state index in [1.54, 1.807) is 12.1 Å². The second-order valence-electron chi connectivity index (χ2n) is 6.21. The van der Waals surface area contributed by atoms with Crippen LogP contribution >= 0.6 is 0 Å². The lowest BCUT2D eigenvalue weighted by Crippen LogP contribution is -2.49. The highest BCUT2D eigenvalue weighted by Crippen LogP contribution is 2.24. The van der Waals surface area contributed by atoms with E-state index in [2.05, 4.69) is 9.80 Å². The number of carboxylic acids is 1. The van der Waals surface area contributed by atoms with Gasteiger partial charge in [-0.25, -0.2) is 4.79 Å². The normalized spacial score (nSPS) is 21.7. The zero-order valence-corrected chi connectivity index (χ0v) is 12.5. The van der Waals surface area contributed by atoms with Crippen LogP contribution in [0.2, 0.25) is 0 Å². The molecule has 0 bridgehead atoms. The lowest BCUT2D eigenvalue weighted by Gasteiger charge is -2.38. The van der Waals surface area contributed by atoms with Crippen LogP contribution in [0.1, 0.15) is 41.6 Å². The van der Waals surface area contributed by atoms with Crippen molar-refractivity contribution in [1.82, 2.24) is 9.80 Å². The summed E-state index contributed by atoms with van der Waals surface area (Å²) in [6, 6.07) is 8.17. The first kappa shape index (κ1) is 14.5. The van der Waals surface area contributed by atoms with E-state index in [0.717, 1.165) is 44.3 Å². The molecule has 3 rings (SSSR count). The second kappa shape index (κ2) is 6.58. The highest BCUT2D eigenvalue weighted by molar-refractivity contribution is 5.89. The van der Waals surface area contributed by atoms with Gasteiger partial charge in [-0.3, -0.25) is 9.80 Å². The van der Waals surface area contributed by atoms with Gasteiger partial charge >= 0.3 is 5.97 Å². The smallest absolute Gasteiger partial charge is 0.336 e. The third-order valence-electron chi connectivity index (χ3n) is 4.89. The predicted molar refractivity (Wildman–Crippen MR) is 82.5 cm³/mol. The summed E-state index contributed by atoms with van der Waals surface area (Å²) >= 11 is 0. The first-order chi connectivity index (χ1) is 10.2. The molecule has 2 aliphatic rings. The first-order valence-electron chi connectivity index (χ1n) is 8.01. The summed E-state index contributed by atoms with van der Waals surface area (Å²) in [5.74, 6) is -0.824. The first-order valence-corrected chi connectivity index (χ1v) is 8.01. The van der Waals surface area contributed by atoms with Crippen LogP contribution in [0.3, 0.4) is 0 Å². The third kappa shape index (κ3) is 3.44. The highest BCUT2D eigenvalue weighted by atomic mass is 16.4. The Labute approximate surface area is 126 Å². The van der Waals surface area contributed by atoms with Gasteiger partial charge < -0.3 is 5.11 Å². The number of carbonyl (C=O) groups is 1. The van der Waals surface area contributed by atoms with E-state index < -0.39 is 5.97 Å². The molecule has 4 heteroatoms. The highest BCUT2D eigenvalue weighted by Gasteiger charge is 2.26. The number of hydrogen-bond acceptors (Lipinski definition) is 3. The summed E-state index contributed by atoms with van der Waals surface area (Å²) in [5.41, 5.74) is 1.37. The van der Waals surface area contributed by atoms with E-state index in [0.29, 0.717) is 5.56 Å². The molecule has 0 atom stereocenters. The summed E-state index contributed by atoms with van der Waals surface area (Å²) in [4.78, 5) is 16.3. The molecule has 0 amide bonds. The Balaban J connectivity index is 1.57. The fraction of sp³-hybridized carbons (Fsp3) is 0.588. The predicted octanol–water partition coefficient (Wildman–Crippen LogP) is 2.45. The van der Waals surface area contributed by atoms with Crippen LogP contribution in [0.4, 0.5) is 0 Å². The molecule has 0 spiro atoms. The van der Waals surface area contributed by atoms with Crippen molar-refractivity contribution < 1.29 is 9.90 Å². The van der Waals surface area contributed by atoms with Crippen molar-refractivity contribution in [2.24, 2.45) is 0 Å². The summed E-state index contributed by atoms with van der Waals surface area (Å²) in [5, 5.41) is 9.25. The molecule has 1 saturated heterocycles. The van der Waals surface area contributed by atoms with Gasteiger partial charge in [0.05, 0.1) is 5.56 Å². The molecule has 1 aromatic carbocycles. The van der Waals surface area contributed by atoms with E-state index in [1.807, 2.05) is 12.1 Å². The van der Waals surface area contributed by atoms with Crippen molar-refractivity contribution in [3.05, 3.63) is 35.4 Å². The Kier molecular flexibility index (Phi) is 4.56. The number of nitrogens with zero attached hydrogens (tertiary/aromatic N) is 2. The Bertz CT molecular complexity index is 489. The van der Waals surface area contributed by atoms with Crippen LogP contribution < -0.4 is 0 Å². The van der Waals surface area contributed by atoms with E-state index >= 15 is 0 Å². The topological polar surface area (TPSA) is 43.8 Å². The van der Waals surface area contributed by atoms with Crippen LogP contribution in [0.5, 0.6) is 0 Å². The van der Waals surface area contributed by atoms with Gasteiger partial charge in [-0.15, -0.1) is 0 Å². The molecule has 21 heavy (non-hydrogen) atoms. The summed E-state index contributed by atoms with van der Waals surface area (Å²) in [6.07, 6.45) is 5.50. The summed E-state index contributed by atoms with van der Waals surface area (Å²) in [6.45, 7) is 5.09. The van der Waals surface area contributed by atoms with Gasteiger partial charge in [0.25, 0.3) is 0 Å². The van der Waals surface area contributed by atoms with Gasteiger partial charge in [-0.2, -0.15) is 0 Å². The molecule has 114 valence electrons. The Morgan fingerprint density at radius 1 is 1.10 bits per heavy atom. The van der Waals surface area contributed by atoms with Crippen molar-refractivity contribution >= 4 is 5.97 Å². The minimum absolute atomic E-state index is 0.440. The fourth-order valence-corrected chi connectivity index (χ4v) is 3.66. The maximum Gasteiger partial charge on any atom is 0.336 e. The fourth-order valence-electron chi connectivity index (χ4n) is 3.66. The molecule has 0 radical (unpaired) electrons. The van der Waals surface area contributed by atoms with Gasteiger partial charge in [0.1, 0.15) is 0 Å². The monoisotopic (exact) mass is 288 g/mol. The van der Waals surface area contributed by atoms with Crippen molar-refractivity contribution in [3.8, 4) is 0 Å². The van der Waals surface area contributed by atoms with Gasteiger partial charge in [-0.1, -0.05) is 31.0 Å². The van der Waals surface area contributed by atoms with Crippen molar-refractivity contribution in [3.63, 3.8) is 0 Å². The number of piperazine rings is 1. The van der Waals surface area contributed by atoms with Gasteiger partial charge in [0.2, 0.25) is 0 Å². The maximum absolute atomic E-state index is 11.3. The molecule has 1 aliphatic carbocycles. The SMILES string of the molecule is O=C(O)c1ccccc1CN1CCN(C2CCCC2)CC1. The minimum Gasteiger partial charge on any atom is -0.478 e. The van der Waals surface area contributed by atoms with Crippen LogP contribution in [0.15, 0.2) is 24.3 Å². The molecular formula is C17H24N2O2. The largest absolute Gasteiger partial charge is 0.478 e. The molecule has 1 aromatic rings. The number of rotatable bonds is 4. The standard InChI is InChI=1S/C17H24N2O2/c20-17(21)16-8-4-1-5-14(16)13-18-9-11-19(12-10-18)15-6-2-3-7-15/h1,4-5,8,15H,2-3,6-7,9-13H2,(H,20,21). The number of carboxylic acid groups (broad SMARTS) is 1. The summed E-state index contributed by atoms with van der Waals surface area (Å²) in [7, 11) is 0. The Hall–Kier alpha value is -1.39. The van der Waals surface area contributed by atoms with Gasteiger partial charge in [0.15, 0.2) is 0 Å². The van der Waals surface area contributed by atoms with Crippen LogP contribution in [0.25, 0.3) is 0 Å². The van der Waals surface area contributed by atoms with Crippen molar-refractivity contribution in [1.29, 1.82) is 0 Å². The quantitative estimate of drug-likeness (QED) is 0.924. The van der Waals surface area contributed by atoms with E-state index in [9.17, 15) is 9.90 Å². The molecule has 0 unspecified atom stereocenters. The van der Waals surface area contributed by atoms with Crippen LogP contribution in [0, 0.1) is 0 Å². The van der Waals surface area contributed by atoms with Gasteiger partial charge in [0, 0.05) is 38.8 Å². The molecule has 2 fully saturated rings. The maximum atomic E-state index is 11.3. The van der Waals surface area contributed by atoms with Crippen LogP contribution in [-0.2, 0) is 6.54 Å².